The predicted octanol–water partition coefficient (Wildman–Crippen LogP) is 4.37. The van der Waals surface area contributed by atoms with Gasteiger partial charge in [-0.1, -0.05) is 32.0 Å². The lowest BCUT2D eigenvalue weighted by molar-refractivity contribution is 0.306. The van der Waals surface area contributed by atoms with Crippen molar-refractivity contribution in [1.29, 1.82) is 0 Å². The molecule has 0 amide bonds. The normalized spacial score (nSPS) is 12.0. The third kappa shape index (κ3) is 3.91. The zero-order valence-electron chi connectivity index (χ0n) is 12.9. The maximum absolute atomic E-state index is 5.89. The monoisotopic (exact) mass is 285 g/mol. The van der Waals surface area contributed by atoms with Crippen molar-refractivity contribution in [3.63, 3.8) is 0 Å². The van der Waals surface area contributed by atoms with E-state index in [1.165, 1.54) is 5.56 Å². The van der Waals surface area contributed by atoms with Gasteiger partial charge in [-0.3, -0.25) is 0 Å². The van der Waals surface area contributed by atoms with Crippen LogP contribution in [0, 0.1) is 0 Å². The zero-order valence-corrected chi connectivity index (χ0v) is 12.9. The van der Waals surface area contributed by atoms with Crippen LogP contribution < -0.4 is 15.2 Å². The van der Waals surface area contributed by atoms with Gasteiger partial charge in [0.05, 0.1) is 12.8 Å². The molecule has 3 heteroatoms. The van der Waals surface area contributed by atoms with E-state index in [1.807, 2.05) is 30.3 Å². The lowest BCUT2D eigenvalue weighted by Gasteiger charge is -2.11. The predicted molar refractivity (Wildman–Crippen MR) is 86.9 cm³/mol. The molecule has 0 spiro atoms. The Morgan fingerprint density at radius 2 is 1.81 bits per heavy atom. The van der Waals surface area contributed by atoms with E-state index in [4.69, 9.17) is 15.2 Å². The minimum Gasteiger partial charge on any atom is -0.495 e. The number of benzene rings is 2. The molecule has 2 aromatic rings. The summed E-state index contributed by atoms with van der Waals surface area (Å²) in [5, 5.41) is 0. The van der Waals surface area contributed by atoms with Crippen molar-refractivity contribution in [3.05, 3.63) is 53.6 Å². The fourth-order valence-electron chi connectivity index (χ4n) is 2.17. The summed E-state index contributed by atoms with van der Waals surface area (Å²) in [6.07, 6.45) is 1.14. The smallest absolute Gasteiger partial charge is 0.141 e. The van der Waals surface area contributed by atoms with Gasteiger partial charge < -0.3 is 15.2 Å². The molecule has 0 fully saturated rings. The van der Waals surface area contributed by atoms with Crippen LogP contribution in [0.1, 0.15) is 37.3 Å². The summed E-state index contributed by atoms with van der Waals surface area (Å²) < 4.78 is 10.9. The van der Waals surface area contributed by atoms with Gasteiger partial charge in [-0.2, -0.15) is 0 Å². The molecular formula is C18H23NO2. The summed E-state index contributed by atoms with van der Waals surface area (Å²) in [5.74, 6) is 2.15. The van der Waals surface area contributed by atoms with Gasteiger partial charge in [-0.25, -0.2) is 0 Å². The van der Waals surface area contributed by atoms with Gasteiger partial charge in [0.15, 0.2) is 0 Å². The van der Waals surface area contributed by atoms with Crippen molar-refractivity contribution in [2.45, 2.75) is 32.8 Å². The van der Waals surface area contributed by atoms with Gasteiger partial charge in [0.25, 0.3) is 0 Å². The highest BCUT2D eigenvalue weighted by molar-refractivity contribution is 5.54. The average Bonchev–Trinajstić information content (AvgIpc) is 2.52. The second-order valence-electron chi connectivity index (χ2n) is 5.24. The number of methoxy groups -OCH3 is 1. The van der Waals surface area contributed by atoms with Crippen LogP contribution in [0.3, 0.4) is 0 Å². The van der Waals surface area contributed by atoms with Gasteiger partial charge >= 0.3 is 0 Å². The standard InChI is InChI=1S/C18H23NO2/c1-4-13(2)15-6-8-16(9-7-15)21-12-14-5-10-18(20-3)17(19)11-14/h5-11,13H,4,12,19H2,1-3H3. The third-order valence-corrected chi connectivity index (χ3v) is 3.76. The maximum atomic E-state index is 5.89. The highest BCUT2D eigenvalue weighted by Gasteiger charge is 2.04. The van der Waals surface area contributed by atoms with Crippen molar-refractivity contribution in [3.8, 4) is 11.5 Å². The molecule has 0 aromatic heterocycles. The summed E-state index contributed by atoms with van der Waals surface area (Å²) in [7, 11) is 1.61. The zero-order chi connectivity index (χ0) is 15.2. The Kier molecular flexibility index (Phi) is 5.09. The molecule has 0 saturated carbocycles. The largest absolute Gasteiger partial charge is 0.495 e. The molecule has 2 rings (SSSR count). The molecule has 0 bridgehead atoms. The highest BCUT2D eigenvalue weighted by atomic mass is 16.5. The highest BCUT2D eigenvalue weighted by Crippen LogP contribution is 2.24. The van der Waals surface area contributed by atoms with Crippen molar-refractivity contribution in [2.75, 3.05) is 12.8 Å². The maximum Gasteiger partial charge on any atom is 0.141 e. The summed E-state index contributed by atoms with van der Waals surface area (Å²) in [5.41, 5.74) is 8.89. The van der Waals surface area contributed by atoms with Crippen molar-refractivity contribution >= 4 is 5.69 Å². The number of nitrogen functional groups attached to an aromatic ring is 1. The van der Waals surface area contributed by atoms with Crippen molar-refractivity contribution in [2.24, 2.45) is 0 Å². The first-order chi connectivity index (χ1) is 10.1. The quantitative estimate of drug-likeness (QED) is 0.801. The molecule has 2 N–H and O–H groups in total. The average molecular weight is 285 g/mol. The van der Waals surface area contributed by atoms with E-state index in [1.54, 1.807) is 7.11 Å². The van der Waals surface area contributed by atoms with Crippen LogP contribution in [0.25, 0.3) is 0 Å². The molecule has 21 heavy (non-hydrogen) atoms. The SMILES string of the molecule is CCC(C)c1ccc(OCc2ccc(OC)c(N)c2)cc1. The van der Waals surface area contributed by atoms with Gasteiger partial charge in [-0.05, 0) is 47.7 Å². The Bertz CT molecular complexity index is 578. The molecule has 0 aliphatic carbocycles. The minimum absolute atomic E-state index is 0.497. The molecule has 0 radical (unpaired) electrons. The first kappa shape index (κ1) is 15.2. The summed E-state index contributed by atoms with van der Waals surface area (Å²) in [6.45, 7) is 4.93. The van der Waals surface area contributed by atoms with Crippen LogP contribution in [0.15, 0.2) is 42.5 Å². The van der Waals surface area contributed by atoms with Gasteiger partial charge in [0, 0.05) is 0 Å². The van der Waals surface area contributed by atoms with Crippen molar-refractivity contribution in [1.82, 2.24) is 0 Å². The lowest BCUT2D eigenvalue weighted by atomic mass is 9.99. The number of nitrogens with two attached hydrogens (primary N) is 1. The second-order valence-corrected chi connectivity index (χ2v) is 5.24. The topological polar surface area (TPSA) is 44.5 Å². The number of rotatable bonds is 6. The Morgan fingerprint density at radius 3 is 2.38 bits per heavy atom. The number of hydrogen-bond acceptors (Lipinski definition) is 3. The molecule has 0 heterocycles. The third-order valence-electron chi connectivity index (χ3n) is 3.76. The molecule has 2 aromatic carbocycles. The van der Waals surface area contributed by atoms with Crippen molar-refractivity contribution < 1.29 is 9.47 Å². The second kappa shape index (κ2) is 7.02. The van der Waals surface area contributed by atoms with E-state index < -0.39 is 0 Å². The number of ether oxygens (including phenoxy) is 2. The van der Waals surface area contributed by atoms with E-state index in [-0.39, 0.29) is 0 Å². The minimum atomic E-state index is 0.497. The Morgan fingerprint density at radius 1 is 1.10 bits per heavy atom. The molecule has 0 aliphatic heterocycles. The van der Waals surface area contributed by atoms with Gasteiger partial charge in [-0.15, -0.1) is 0 Å². The summed E-state index contributed by atoms with van der Waals surface area (Å²) >= 11 is 0. The molecule has 1 unspecified atom stereocenters. The van der Waals surface area contributed by atoms with E-state index >= 15 is 0 Å². The molecule has 112 valence electrons. The number of anilines is 1. The Balaban J connectivity index is 1.98. The molecule has 0 aliphatic rings. The fourth-order valence-corrected chi connectivity index (χ4v) is 2.17. The van der Waals surface area contributed by atoms with Crippen LogP contribution >= 0.6 is 0 Å². The Labute approximate surface area is 126 Å². The van der Waals surface area contributed by atoms with E-state index in [9.17, 15) is 0 Å². The van der Waals surface area contributed by atoms with Crippen LogP contribution in [0.2, 0.25) is 0 Å². The summed E-state index contributed by atoms with van der Waals surface area (Å²) in [4.78, 5) is 0. The molecule has 3 nitrogen and oxygen atoms in total. The van der Waals surface area contributed by atoms with E-state index in [0.717, 1.165) is 17.7 Å². The van der Waals surface area contributed by atoms with E-state index in [0.29, 0.717) is 24.0 Å². The van der Waals surface area contributed by atoms with Crippen LogP contribution in [-0.4, -0.2) is 7.11 Å². The van der Waals surface area contributed by atoms with Crippen LogP contribution in [0.5, 0.6) is 11.5 Å². The first-order valence-corrected chi connectivity index (χ1v) is 7.29. The Hall–Kier alpha value is -2.16. The summed E-state index contributed by atoms with van der Waals surface area (Å²) in [6, 6.07) is 14.0. The van der Waals surface area contributed by atoms with Crippen LogP contribution in [0.4, 0.5) is 5.69 Å². The van der Waals surface area contributed by atoms with E-state index in [2.05, 4.69) is 26.0 Å². The lowest BCUT2D eigenvalue weighted by Crippen LogP contribution is -1.99. The van der Waals surface area contributed by atoms with Gasteiger partial charge in [0.1, 0.15) is 18.1 Å². The number of hydrogen-bond donors (Lipinski definition) is 1. The molecule has 0 saturated heterocycles. The molecule has 1 atom stereocenters. The molecular weight excluding hydrogens is 262 g/mol. The fraction of sp³-hybridized carbons (Fsp3) is 0.333. The van der Waals surface area contributed by atoms with Crippen LogP contribution in [-0.2, 0) is 6.61 Å². The van der Waals surface area contributed by atoms with Gasteiger partial charge in [0.2, 0.25) is 0 Å². The first-order valence-electron chi connectivity index (χ1n) is 7.29.